The van der Waals surface area contributed by atoms with E-state index in [1.807, 2.05) is 0 Å². The molecule has 0 aliphatic heterocycles. The highest BCUT2D eigenvalue weighted by Gasteiger charge is 2.17. The molecule has 0 spiro atoms. The van der Waals surface area contributed by atoms with Crippen molar-refractivity contribution in [2.45, 2.75) is 39.2 Å². The van der Waals surface area contributed by atoms with Crippen LogP contribution < -0.4 is 0 Å². The normalized spacial score (nSPS) is 11.0. The highest BCUT2D eigenvalue weighted by molar-refractivity contribution is 5.95. The van der Waals surface area contributed by atoms with Crippen LogP contribution in [0.5, 0.6) is 0 Å². The predicted molar refractivity (Wildman–Crippen MR) is 63.6 cm³/mol. The predicted octanol–water partition coefficient (Wildman–Crippen LogP) is 2.39. The van der Waals surface area contributed by atoms with E-state index in [2.05, 4.69) is 4.98 Å². The number of ketones is 1. The fourth-order valence-electron chi connectivity index (χ4n) is 1.26. The van der Waals surface area contributed by atoms with E-state index >= 15 is 0 Å². The van der Waals surface area contributed by atoms with E-state index in [1.165, 1.54) is 0 Å². The van der Waals surface area contributed by atoms with Crippen molar-refractivity contribution in [3.63, 3.8) is 0 Å². The van der Waals surface area contributed by atoms with E-state index in [0.29, 0.717) is 5.69 Å². The molecule has 0 aliphatic rings. The van der Waals surface area contributed by atoms with Crippen LogP contribution in [0.15, 0.2) is 24.4 Å². The molecule has 0 aromatic carbocycles. The molecule has 92 valence electrons. The molecule has 0 fully saturated rings. The zero-order valence-electron chi connectivity index (χ0n) is 10.4. The Balaban J connectivity index is 2.42. The summed E-state index contributed by atoms with van der Waals surface area (Å²) < 4.78 is 5.11. The van der Waals surface area contributed by atoms with Crippen LogP contribution in [0.1, 0.15) is 44.1 Å². The first-order valence-corrected chi connectivity index (χ1v) is 5.54. The molecule has 0 radical (unpaired) electrons. The third-order valence-electron chi connectivity index (χ3n) is 1.93. The maximum atomic E-state index is 11.6. The number of carbonyl (C=O) groups is 2. The third kappa shape index (κ3) is 5.24. The Morgan fingerprint density at radius 3 is 2.47 bits per heavy atom. The van der Waals surface area contributed by atoms with Crippen LogP contribution in [0, 0.1) is 0 Å². The quantitative estimate of drug-likeness (QED) is 0.594. The summed E-state index contributed by atoms with van der Waals surface area (Å²) in [6.07, 6.45) is 1.78. The summed E-state index contributed by atoms with van der Waals surface area (Å²) in [5.74, 6) is -0.502. The Hall–Kier alpha value is -1.71. The fourth-order valence-corrected chi connectivity index (χ4v) is 1.26. The van der Waals surface area contributed by atoms with Gasteiger partial charge in [0, 0.05) is 12.6 Å². The van der Waals surface area contributed by atoms with Crippen molar-refractivity contribution < 1.29 is 14.3 Å². The van der Waals surface area contributed by atoms with Gasteiger partial charge in [0.05, 0.1) is 6.42 Å². The van der Waals surface area contributed by atoms with Crippen LogP contribution in [0.25, 0.3) is 0 Å². The van der Waals surface area contributed by atoms with Gasteiger partial charge in [0.25, 0.3) is 0 Å². The highest BCUT2D eigenvalue weighted by Crippen LogP contribution is 2.10. The molecule has 1 aromatic rings. The zero-order chi connectivity index (χ0) is 12.9. The van der Waals surface area contributed by atoms with Gasteiger partial charge in [0.15, 0.2) is 5.78 Å². The van der Waals surface area contributed by atoms with Gasteiger partial charge in [-0.25, -0.2) is 0 Å². The Kier molecular flexibility index (Phi) is 4.37. The van der Waals surface area contributed by atoms with Crippen molar-refractivity contribution in [1.82, 2.24) is 4.98 Å². The highest BCUT2D eigenvalue weighted by atomic mass is 16.6. The van der Waals surface area contributed by atoms with Crippen LogP contribution in [-0.4, -0.2) is 22.3 Å². The first kappa shape index (κ1) is 13.4. The molecular formula is C13H17NO3. The van der Waals surface area contributed by atoms with Crippen molar-refractivity contribution >= 4 is 11.8 Å². The largest absolute Gasteiger partial charge is 0.460 e. The summed E-state index contributed by atoms with van der Waals surface area (Å²) in [6.45, 7) is 5.39. The Morgan fingerprint density at radius 1 is 1.24 bits per heavy atom. The first-order chi connectivity index (χ1) is 7.88. The summed E-state index contributed by atoms with van der Waals surface area (Å²) in [5.41, 5.74) is -0.124. The molecule has 1 rings (SSSR count). The molecule has 0 bridgehead atoms. The summed E-state index contributed by atoms with van der Waals surface area (Å²) in [7, 11) is 0. The number of pyridine rings is 1. The van der Waals surface area contributed by atoms with E-state index in [1.54, 1.807) is 45.2 Å². The second-order valence-corrected chi connectivity index (χ2v) is 4.72. The summed E-state index contributed by atoms with van der Waals surface area (Å²) in [6, 6.07) is 5.12. The molecule has 4 nitrogen and oxygen atoms in total. The number of ether oxygens (including phenoxy) is 1. The first-order valence-electron chi connectivity index (χ1n) is 5.54. The maximum Gasteiger partial charge on any atom is 0.306 e. The molecule has 0 unspecified atom stereocenters. The van der Waals surface area contributed by atoms with Crippen molar-refractivity contribution in [1.29, 1.82) is 0 Å². The maximum absolute atomic E-state index is 11.6. The topological polar surface area (TPSA) is 56.3 Å². The monoisotopic (exact) mass is 235 g/mol. The van der Waals surface area contributed by atoms with Gasteiger partial charge in [0.2, 0.25) is 0 Å². The Bertz CT molecular complexity index is 393. The molecule has 1 aromatic heterocycles. The molecule has 0 saturated carbocycles. The molecule has 4 heteroatoms. The Labute approximate surface area is 101 Å². The lowest BCUT2D eigenvalue weighted by Crippen LogP contribution is -2.24. The Morgan fingerprint density at radius 2 is 1.94 bits per heavy atom. The van der Waals surface area contributed by atoms with E-state index < -0.39 is 5.60 Å². The standard InChI is InChI=1S/C13H17NO3/c1-13(2,3)17-12(16)8-7-11(15)10-6-4-5-9-14-10/h4-6,9H,7-8H2,1-3H3. The second kappa shape index (κ2) is 5.57. The lowest BCUT2D eigenvalue weighted by atomic mass is 10.1. The molecule has 1 heterocycles. The van der Waals surface area contributed by atoms with Crippen LogP contribution in [-0.2, 0) is 9.53 Å². The second-order valence-electron chi connectivity index (χ2n) is 4.72. The molecule has 0 aliphatic carbocycles. The third-order valence-corrected chi connectivity index (χ3v) is 1.93. The fraction of sp³-hybridized carbons (Fsp3) is 0.462. The van der Waals surface area contributed by atoms with E-state index in [-0.39, 0.29) is 24.6 Å². The van der Waals surface area contributed by atoms with Crippen molar-refractivity contribution in [2.24, 2.45) is 0 Å². The molecule has 0 N–H and O–H groups in total. The SMILES string of the molecule is CC(C)(C)OC(=O)CCC(=O)c1ccccn1. The van der Waals surface area contributed by atoms with Crippen LogP contribution in [0.4, 0.5) is 0 Å². The summed E-state index contributed by atoms with van der Waals surface area (Å²) in [5, 5.41) is 0. The smallest absolute Gasteiger partial charge is 0.306 e. The molecule has 0 saturated heterocycles. The van der Waals surface area contributed by atoms with E-state index in [0.717, 1.165) is 0 Å². The van der Waals surface area contributed by atoms with E-state index in [4.69, 9.17) is 4.74 Å². The summed E-state index contributed by atoms with van der Waals surface area (Å²) in [4.78, 5) is 27.0. The van der Waals surface area contributed by atoms with Crippen LogP contribution in [0.2, 0.25) is 0 Å². The lowest BCUT2D eigenvalue weighted by Gasteiger charge is -2.19. The average Bonchev–Trinajstić information content (AvgIpc) is 2.25. The van der Waals surface area contributed by atoms with Gasteiger partial charge in [-0.15, -0.1) is 0 Å². The van der Waals surface area contributed by atoms with Gasteiger partial charge < -0.3 is 4.74 Å². The number of nitrogens with zero attached hydrogens (tertiary/aromatic N) is 1. The van der Waals surface area contributed by atoms with Gasteiger partial charge in [-0.3, -0.25) is 14.6 Å². The lowest BCUT2D eigenvalue weighted by molar-refractivity contribution is -0.154. The van der Waals surface area contributed by atoms with Gasteiger partial charge in [-0.1, -0.05) is 6.07 Å². The minimum Gasteiger partial charge on any atom is -0.460 e. The van der Waals surface area contributed by atoms with Crippen molar-refractivity contribution in [3.8, 4) is 0 Å². The number of hydrogen-bond donors (Lipinski definition) is 0. The number of aromatic nitrogens is 1. The minimum atomic E-state index is -0.509. The zero-order valence-corrected chi connectivity index (χ0v) is 10.4. The number of hydrogen-bond acceptors (Lipinski definition) is 4. The molecular weight excluding hydrogens is 218 g/mol. The van der Waals surface area contributed by atoms with Gasteiger partial charge >= 0.3 is 5.97 Å². The number of Topliss-reactive ketones (excluding diaryl/α,β-unsaturated/α-hetero) is 1. The van der Waals surface area contributed by atoms with Gasteiger partial charge in [-0.2, -0.15) is 0 Å². The van der Waals surface area contributed by atoms with Crippen LogP contribution >= 0.6 is 0 Å². The molecule has 0 amide bonds. The van der Waals surface area contributed by atoms with Crippen molar-refractivity contribution in [2.75, 3.05) is 0 Å². The summed E-state index contributed by atoms with van der Waals surface area (Å²) >= 11 is 0. The van der Waals surface area contributed by atoms with E-state index in [9.17, 15) is 9.59 Å². The van der Waals surface area contributed by atoms with Crippen molar-refractivity contribution in [3.05, 3.63) is 30.1 Å². The van der Waals surface area contributed by atoms with Gasteiger partial charge in [0.1, 0.15) is 11.3 Å². The number of esters is 1. The van der Waals surface area contributed by atoms with Gasteiger partial charge in [-0.05, 0) is 32.9 Å². The molecule has 0 atom stereocenters. The molecule has 17 heavy (non-hydrogen) atoms. The average molecular weight is 235 g/mol. The van der Waals surface area contributed by atoms with Crippen LogP contribution in [0.3, 0.4) is 0 Å². The minimum absolute atomic E-state index is 0.0900. The number of carbonyl (C=O) groups excluding carboxylic acids is 2. The number of rotatable bonds is 4.